The summed E-state index contributed by atoms with van der Waals surface area (Å²) in [4.78, 5) is 18.0. The van der Waals surface area contributed by atoms with Crippen molar-refractivity contribution in [3.63, 3.8) is 0 Å². The third kappa shape index (κ3) is 3.23. The van der Waals surface area contributed by atoms with Crippen LogP contribution in [0.2, 0.25) is 0 Å². The number of hydrogen-bond donors (Lipinski definition) is 1. The molecule has 1 aliphatic rings. The van der Waals surface area contributed by atoms with Gasteiger partial charge < -0.3 is 19.4 Å². The van der Waals surface area contributed by atoms with E-state index in [-0.39, 0.29) is 11.7 Å². The number of fused-ring (bicyclic) bond motifs is 3. The van der Waals surface area contributed by atoms with Crippen LogP contribution in [-0.4, -0.2) is 36.6 Å². The fourth-order valence-electron chi connectivity index (χ4n) is 3.68. The standard InChI is InChI=1S/C21H21FN2O3/c1-26-19-6-3-13(9-20(19)27-2)10-21(25)24-8-7-17-16(12-24)15-5-4-14(22)11-18(15)23-17/h3-6,9,11,23H,7-8,10,12H2,1-2H3. The molecule has 4 rings (SSSR count). The van der Waals surface area contributed by atoms with E-state index in [2.05, 4.69) is 4.98 Å². The third-order valence-electron chi connectivity index (χ3n) is 5.09. The van der Waals surface area contributed by atoms with E-state index < -0.39 is 0 Å². The minimum atomic E-state index is -0.262. The largest absolute Gasteiger partial charge is 0.493 e. The minimum absolute atomic E-state index is 0.0596. The van der Waals surface area contributed by atoms with E-state index in [1.54, 1.807) is 20.3 Å². The number of nitrogens with zero attached hydrogens (tertiary/aromatic N) is 1. The molecule has 0 fully saturated rings. The summed E-state index contributed by atoms with van der Waals surface area (Å²) in [5.74, 6) is 1.05. The summed E-state index contributed by atoms with van der Waals surface area (Å²) in [5.41, 5.74) is 3.83. The van der Waals surface area contributed by atoms with Crippen LogP contribution in [0.25, 0.3) is 10.9 Å². The molecule has 0 aliphatic carbocycles. The number of nitrogens with one attached hydrogen (secondary N) is 1. The van der Waals surface area contributed by atoms with Gasteiger partial charge in [0.15, 0.2) is 11.5 Å². The second-order valence-corrected chi connectivity index (χ2v) is 6.70. The molecule has 1 N–H and O–H groups in total. The van der Waals surface area contributed by atoms with Crippen molar-refractivity contribution in [1.82, 2.24) is 9.88 Å². The van der Waals surface area contributed by atoms with Gasteiger partial charge in [-0.25, -0.2) is 4.39 Å². The van der Waals surface area contributed by atoms with Gasteiger partial charge in [0.25, 0.3) is 0 Å². The highest BCUT2D eigenvalue weighted by atomic mass is 19.1. The Bertz CT molecular complexity index is 1010. The number of aromatic nitrogens is 1. The number of ether oxygens (including phenoxy) is 2. The average Bonchev–Trinajstić information content (AvgIpc) is 3.04. The molecule has 0 spiro atoms. The summed E-state index contributed by atoms with van der Waals surface area (Å²) in [6.45, 7) is 1.18. The maximum Gasteiger partial charge on any atom is 0.227 e. The van der Waals surface area contributed by atoms with Crippen LogP contribution in [0.4, 0.5) is 4.39 Å². The van der Waals surface area contributed by atoms with Crippen LogP contribution in [0.3, 0.4) is 0 Å². The van der Waals surface area contributed by atoms with Crippen molar-refractivity contribution in [2.45, 2.75) is 19.4 Å². The minimum Gasteiger partial charge on any atom is -0.493 e. The first-order valence-corrected chi connectivity index (χ1v) is 8.86. The van der Waals surface area contributed by atoms with Crippen LogP contribution in [0.15, 0.2) is 36.4 Å². The number of rotatable bonds is 4. The number of H-pyrrole nitrogens is 1. The van der Waals surface area contributed by atoms with Crippen molar-refractivity contribution in [3.8, 4) is 11.5 Å². The van der Waals surface area contributed by atoms with Crippen LogP contribution < -0.4 is 9.47 Å². The predicted molar refractivity (Wildman–Crippen MR) is 101 cm³/mol. The van der Waals surface area contributed by atoms with Gasteiger partial charge in [0, 0.05) is 41.7 Å². The highest BCUT2D eigenvalue weighted by molar-refractivity contribution is 5.86. The van der Waals surface area contributed by atoms with Crippen molar-refractivity contribution in [3.05, 3.63) is 59.0 Å². The van der Waals surface area contributed by atoms with Gasteiger partial charge in [0.05, 0.1) is 20.6 Å². The lowest BCUT2D eigenvalue weighted by atomic mass is 10.0. The molecule has 0 atom stereocenters. The molecule has 0 bridgehead atoms. The Kier molecular flexibility index (Phi) is 4.48. The van der Waals surface area contributed by atoms with Gasteiger partial charge in [0.2, 0.25) is 5.91 Å². The van der Waals surface area contributed by atoms with E-state index in [4.69, 9.17) is 9.47 Å². The van der Waals surface area contributed by atoms with E-state index in [1.807, 2.05) is 23.1 Å². The molecule has 5 nitrogen and oxygen atoms in total. The van der Waals surface area contributed by atoms with Gasteiger partial charge in [-0.05, 0) is 35.9 Å². The number of aromatic amines is 1. The highest BCUT2D eigenvalue weighted by Gasteiger charge is 2.24. The van der Waals surface area contributed by atoms with Gasteiger partial charge in [0.1, 0.15) is 5.82 Å². The summed E-state index contributed by atoms with van der Waals surface area (Å²) >= 11 is 0. The lowest BCUT2D eigenvalue weighted by Gasteiger charge is -2.27. The molecule has 0 saturated carbocycles. The SMILES string of the molecule is COc1ccc(CC(=O)N2CCc3[nH]c4cc(F)ccc4c3C2)cc1OC. The molecule has 6 heteroatoms. The van der Waals surface area contributed by atoms with E-state index in [0.717, 1.165) is 34.1 Å². The Morgan fingerprint density at radius 3 is 2.74 bits per heavy atom. The predicted octanol–water partition coefficient (Wildman–Crippen LogP) is 3.45. The molecule has 0 radical (unpaired) electrons. The Morgan fingerprint density at radius 1 is 1.15 bits per heavy atom. The lowest BCUT2D eigenvalue weighted by molar-refractivity contribution is -0.131. The number of amides is 1. The molecule has 2 heterocycles. The fourth-order valence-corrected chi connectivity index (χ4v) is 3.68. The first-order chi connectivity index (χ1) is 13.1. The maximum atomic E-state index is 13.5. The van der Waals surface area contributed by atoms with Gasteiger partial charge in [-0.3, -0.25) is 4.79 Å². The van der Waals surface area contributed by atoms with Gasteiger partial charge in [-0.1, -0.05) is 6.07 Å². The Balaban J connectivity index is 1.53. The zero-order chi connectivity index (χ0) is 19.0. The molecule has 0 unspecified atom stereocenters. The zero-order valence-electron chi connectivity index (χ0n) is 15.3. The third-order valence-corrected chi connectivity index (χ3v) is 5.09. The van der Waals surface area contributed by atoms with Crippen LogP contribution in [0, 0.1) is 5.82 Å². The fraction of sp³-hybridized carbons (Fsp3) is 0.286. The van der Waals surface area contributed by atoms with E-state index in [1.165, 1.54) is 12.1 Å². The molecule has 2 aromatic carbocycles. The monoisotopic (exact) mass is 368 g/mol. The number of carbonyl (C=O) groups is 1. The topological polar surface area (TPSA) is 54.6 Å². The molecule has 0 saturated heterocycles. The first kappa shape index (κ1) is 17.4. The van der Waals surface area contributed by atoms with Crippen LogP contribution >= 0.6 is 0 Å². The van der Waals surface area contributed by atoms with Gasteiger partial charge in [-0.15, -0.1) is 0 Å². The van der Waals surface area contributed by atoms with Crippen molar-refractivity contribution >= 4 is 16.8 Å². The normalized spacial score (nSPS) is 13.5. The Morgan fingerprint density at radius 2 is 1.96 bits per heavy atom. The van der Waals surface area contributed by atoms with Crippen molar-refractivity contribution < 1.29 is 18.7 Å². The molecule has 1 aliphatic heterocycles. The molecular formula is C21H21FN2O3. The molecule has 3 aromatic rings. The van der Waals surface area contributed by atoms with Gasteiger partial charge in [-0.2, -0.15) is 0 Å². The van der Waals surface area contributed by atoms with Crippen molar-refractivity contribution in [2.24, 2.45) is 0 Å². The number of methoxy groups -OCH3 is 2. The van der Waals surface area contributed by atoms with Crippen LogP contribution in [-0.2, 0) is 24.2 Å². The van der Waals surface area contributed by atoms with Crippen LogP contribution in [0.1, 0.15) is 16.8 Å². The zero-order valence-corrected chi connectivity index (χ0v) is 15.3. The lowest BCUT2D eigenvalue weighted by Crippen LogP contribution is -2.36. The summed E-state index contributed by atoms with van der Waals surface area (Å²) in [6.07, 6.45) is 1.04. The number of hydrogen-bond acceptors (Lipinski definition) is 3. The Hall–Kier alpha value is -3.02. The van der Waals surface area contributed by atoms with E-state index >= 15 is 0 Å². The van der Waals surface area contributed by atoms with E-state index in [9.17, 15) is 9.18 Å². The van der Waals surface area contributed by atoms with Crippen molar-refractivity contribution in [2.75, 3.05) is 20.8 Å². The summed E-state index contributed by atoms with van der Waals surface area (Å²) in [5, 5.41) is 0.981. The summed E-state index contributed by atoms with van der Waals surface area (Å²) in [7, 11) is 3.16. The molecule has 1 aromatic heterocycles. The molecule has 1 amide bonds. The highest BCUT2D eigenvalue weighted by Crippen LogP contribution is 2.30. The number of carbonyl (C=O) groups excluding carboxylic acids is 1. The van der Waals surface area contributed by atoms with Crippen LogP contribution in [0.5, 0.6) is 11.5 Å². The molecular weight excluding hydrogens is 347 g/mol. The van der Waals surface area contributed by atoms with Gasteiger partial charge >= 0.3 is 0 Å². The smallest absolute Gasteiger partial charge is 0.227 e. The average molecular weight is 368 g/mol. The summed E-state index contributed by atoms with van der Waals surface area (Å²) < 4.78 is 24.0. The Labute approximate surface area is 156 Å². The quantitative estimate of drug-likeness (QED) is 0.767. The summed E-state index contributed by atoms with van der Waals surface area (Å²) in [6, 6.07) is 10.3. The molecule has 27 heavy (non-hydrogen) atoms. The van der Waals surface area contributed by atoms with E-state index in [0.29, 0.717) is 31.0 Å². The van der Waals surface area contributed by atoms with Crippen molar-refractivity contribution in [1.29, 1.82) is 0 Å². The number of halogens is 1. The molecule has 140 valence electrons. The second-order valence-electron chi connectivity index (χ2n) is 6.70. The maximum absolute atomic E-state index is 13.5. The first-order valence-electron chi connectivity index (χ1n) is 8.86. The second kappa shape index (κ2) is 6.95. The number of benzene rings is 2.